The second-order valence-electron chi connectivity index (χ2n) is 5.95. The number of ether oxygens (including phenoxy) is 1. The molecule has 2 aromatic heterocycles. The second-order valence-corrected chi connectivity index (χ2v) is 5.95. The lowest BCUT2D eigenvalue weighted by molar-refractivity contribution is -0.132. The van der Waals surface area contributed by atoms with Crippen molar-refractivity contribution in [1.29, 1.82) is 0 Å². The predicted octanol–water partition coefficient (Wildman–Crippen LogP) is 0.664. The lowest BCUT2D eigenvalue weighted by atomic mass is 9.87. The highest BCUT2D eigenvalue weighted by Crippen LogP contribution is 2.30. The van der Waals surface area contributed by atoms with E-state index in [2.05, 4.69) is 15.4 Å². The molecule has 2 amide bonds. The van der Waals surface area contributed by atoms with Gasteiger partial charge in [-0.1, -0.05) is 0 Å². The first kappa shape index (κ1) is 16.9. The number of carbonyl (C=O) groups is 2. The number of hydrogen-bond donors (Lipinski definition) is 1. The van der Waals surface area contributed by atoms with E-state index in [0.717, 1.165) is 0 Å². The fraction of sp³-hybridized carbons (Fsp3) is 0.412. The minimum atomic E-state index is -0.915. The molecule has 1 N–H and O–H groups in total. The monoisotopic (exact) mass is 343 g/mol. The number of methoxy groups -OCH3 is 1. The standard InChI is InChI=1S/C17H21N5O3/c1-18-16(24)17(22-11-5-9-20-22)7-4-10-21(12-17)15(23)13-6-3-8-19-14(13)25-2/h3,5-6,8-9,11H,4,7,10,12H2,1-2H3,(H,18,24). The van der Waals surface area contributed by atoms with Crippen molar-refractivity contribution in [2.24, 2.45) is 0 Å². The van der Waals surface area contributed by atoms with Crippen LogP contribution in [0.4, 0.5) is 0 Å². The number of nitrogens with zero attached hydrogens (tertiary/aromatic N) is 4. The lowest BCUT2D eigenvalue weighted by Crippen LogP contribution is -2.59. The summed E-state index contributed by atoms with van der Waals surface area (Å²) < 4.78 is 6.84. The molecule has 0 aromatic carbocycles. The Morgan fingerprint density at radius 2 is 2.16 bits per heavy atom. The third-order valence-corrected chi connectivity index (χ3v) is 4.55. The number of pyridine rings is 1. The summed E-state index contributed by atoms with van der Waals surface area (Å²) in [5, 5.41) is 6.97. The van der Waals surface area contributed by atoms with Crippen LogP contribution in [0, 0.1) is 0 Å². The van der Waals surface area contributed by atoms with Crippen molar-refractivity contribution in [3.05, 3.63) is 42.4 Å². The third kappa shape index (κ3) is 2.95. The van der Waals surface area contributed by atoms with Crippen molar-refractivity contribution in [3.63, 3.8) is 0 Å². The molecular weight excluding hydrogens is 322 g/mol. The molecule has 8 nitrogen and oxygen atoms in total. The molecule has 25 heavy (non-hydrogen) atoms. The number of amides is 2. The smallest absolute Gasteiger partial charge is 0.259 e. The van der Waals surface area contributed by atoms with E-state index in [0.29, 0.717) is 24.9 Å². The predicted molar refractivity (Wildman–Crippen MR) is 90.2 cm³/mol. The van der Waals surface area contributed by atoms with Gasteiger partial charge in [-0.05, 0) is 31.0 Å². The summed E-state index contributed by atoms with van der Waals surface area (Å²) in [4.78, 5) is 31.4. The van der Waals surface area contributed by atoms with Gasteiger partial charge in [0.25, 0.3) is 5.91 Å². The van der Waals surface area contributed by atoms with Crippen LogP contribution in [0.3, 0.4) is 0 Å². The molecule has 0 radical (unpaired) electrons. The van der Waals surface area contributed by atoms with Crippen LogP contribution in [0.5, 0.6) is 5.88 Å². The molecule has 0 bridgehead atoms. The van der Waals surface area contributed by atoms with Crippen LogP contribution in [-0.4, -0.2) is 58.7 Å². The minimum absolute atomic E-state index is 0.160. The van der Waals surface area contributed by atoms with Crippen LogP contribution in [0.1, 0.15) is 23.2 Å². The van der Waals surface area contributed by atoms with Crippen molar-refractivity contribution in [2.45, 2.75) is 18.4 Å². The van der Waals surface area contributed by atoms with Gasteiger partial charge in [0.2, 0.25) is 11.8 Å². The molecule has 1 aliphatic heterocycles. The number of aromatic nitrogens is 3. The molecule has 8 heteroatoms. The summed E-state index contributed by atoms with van der Waals surface area (Å²) >= 11 is 0. The normalized spacial score (nSPS) is 20.2. The number of likely N-dealkylation sites (tertiary alicyclic amines) is 1. The van der Waals surface area contributed by atoms with Crippen molar-refractivity contribution in [2.75, 3.05) is 27.2 Å². The molecule has 0 saturated carbocycles. The van der Waals surface area contributed by atoms with E-state index in [9.17, 15) is 9.59 Å². The Morgan fingerprint density at radius 1 is 1.32 bits per heavy atom. The van der Waals surface area contributed by atoms with Gasteiger partial charge in [-0.25, -0.2) is 4.98 Å². The number of carbonyl (C=O) groups excluding carboxylic acids is 2. The quantitative estimate of drug-likeness (QED) is 0.881. The maximum absolute atomic E-state index is 13.0. The summed E-state index contributed by atoms with van der Waals surface area (Å²) in [7, 11) is 3.08. The summed E-state index contributed by atoms with van der Waals surface area (Å²) in [5.74, 6) is -0.0837. The number of rotatable bonds is 4. The first-order chi connectivity index (χ1) is 12.1. The molecule has 1 fully saturated rings. The number of hydrogen-bond acceptors (Lipinski definition) is 5. The third-order valence-electron chi connectivity index (χ3n) is 4.55. The lowest BCUT2D eigenvalue weighted by Gasteiger charge is -2.41. The first-order valence-corrected chi connectivity index (χ1v) is 8.13. The highest BCUT2D eigenvalue weighted by molar-refractivity contribution is 5.97. The molecule has 1 aliphatic rings. The van der Waals surface area contributed by atoms with Gasteiger partial charge in [0, 0.05) is 32.2 Å². The fourth-order valence-electron chi connectivity index (χ4n) is 3.33. The largest absolute Gasteiger partial charge is 0.480 e. The van der Waals surface area contributed by atoms with Gasteiger partial charge in [-0.15, -0.1) is 0 Å². The van der Waals surface area contributed by atoms with Gasteiger partial charge in [0.15, 0.2) is 5.54 Å². The molecule has 0 spiro atoms. The Hall–Kier alpha value is -2.90. The van der Waals surface area contributed by atoms with E-state index in [1.54, 1.807) is 53.4 Å². The molecule has 0 aliphatic carbocycles. The molecule has 3 heterocycles. The topological polar surface area (TPSA) is 89.4 Å². The van der Waals surface area contributed by atoms with E-state index >= 15 is 0 Å². The number of likely N-dealkylation sites (N-methyl/N-ethyl adjacent to an activating group) is 1. The van der Waals surface area contributed by atoms with E-state index in [-0.39, 0.29) is 24.2 Å². The summed E-state index contributed by atoms with van der Waals surface area (Å²) in [6.07, 6.45) is 6.28. The Kier molecular flexibility index (Phi) is 4.69. The Labute approximate surface area is 145 Å². The maximum atomic E-state index is 13.0. The van der Waals surface area contributed by atoms with E-state index in [4.69, 9.17) is 4.74 Å². The summed E-state index contributed by atoms with van der Waals surface area (Å²) in [6.45, 7) is 0.808. The zero-order valence-electron chi connectivity index (χ0n) is 14.3. The molecule has 1 atom stereocenters. The first-order valence-electron chi connectivity index (χ1n) is 8.13. The van der Waals surface area contributed by atoms with Crippen LogP contribution in [0.2, 0.25) is 0 Å². The zero-order chi connectivity index (χ0) is 17.9. The van der Waals surface area contributed by atoms with Gasteiger partial charge in [-0.2, -0.15) is 5.10 Å². The molecule has 1 saturated heterocycles. The van der Waals surface area contributed by atoms with Crippen molar-refractivity contribution >= 4 is 11.8 Å². The van der Waals surface area contributed by atoms with Crippen LogP contribution >= 0.6 is 0 Å². The van der Waals surface area contributed by atoms with Crippen molar-refractivity contribution in [3.8, 4) is 5.88 Å². The Morgan fingerprint density at radius 3 is 2.84 bits per heavy atom. The van der Waals surface area contributed by atoms with E-state index < -0.39 is 5.54 Å². The average Bonchev–Trinajstić information content (AvgIpc) is 3.22. The molecule has 1 unspecified atom stereocenters. The van der Waals surface area contributed by atoms with Gasteiger partial charge in [0.05, 0.1) is 13.7 Å². The van der Waals surface area contributed by atoms with Crippen LogP contribution in [0.15, 0.2) is 36.8 Å². The zero-order valence-corrected chi connectivity index (χ0v) is 14.3. The van der Waals surface area contributed by atoms with Crippen LogP contribution < -0.4 is 10.1 Å². The van der Waals surface area contributed by atoms with Gasteiger partial charge < -0.3 is 15.0 Å². The summed E-state index contributed by atoms with van der Waals surface area (Å²) in [6, 6.07) is 5.15. The number of nitrogens with one attached hydrogen (secondary N) is 1. The number of piperidine rings is 1. The molecule has 2 aromatic rings. The van der Waals surface area contributed by atoms with Gasteiger partial charge in [-0.3, -0.25) is 14.3 Å². The van der Waals surface area contributed by atoms with E-state index in [1.807, 2.05) is 0 Å². The summed E-state index contributed by atoms with van der Waals surface area (Å²) in [5.41, 5.74) is -0.528. The Bertz CT molecular complexity index is 761. The van der Waals surface area contributed by atoms with E-state index in [1.165, 1.54) is 7.11 Å². The highest BCUT2D eigenvalue weighted by atomic mass is 16.5. The SMILES string of the molecule is CNC(=O)C1(n2cccn2)CCCN(C(=O)c2cccnc2OC)C1. The second kappa shape index (κ2) is 6.92. The fourth-order valence-corrected chi connectivity index (χ4v) is 3.33. The van der Waals surface area contributed by atoms with Crippen molar-refractivity contribution < 1.29 is 14.3 Å². The van der Waals surface area contributed by atoms with Crippen LogP contribution in [0.25, 0.3) is 0 Å². The molecular formula is C17H21N5O3. The molecule has 132 valence electrons. The minimum Gasteiger partial charge on any atom is -0.480 e. The van der Waals surface area contributed by atoms with Gasteiger partial charge >= 0.3 is 0 Å². The van der Waals surface area contributed by atoms with Gasteiger partial charge in [0.1, 0.15) is 5.56 Å². The maximum Gasteiger partial charge on any atom is 0.259 e. The van der Waals surface area contributed by atoms with Crippen LogP contribution in [-0.2, 0) is 10.3 Å². The highest BCUT2D eigenvalue weighted by Gasteiger charge is 2.45. The average molecular weight is 343 g/mol. The van der Waals surface area contributed by atoms with Crippen molar-refractivity contribution in [1.82, 2.24) is 25.0 Å². The molecule has 3 rings (SSSR count). The Balaban J connectivity index is 1.94.